The van der Waals surface area contributed by atoms with E-state index in [2.05, 4.69) is 61.5 Å². The van der Waals surface area contributed by atoms with Crippen LogP contribution in [0.15, 0.2) is 11.6 Å². The van der Waals surface area contributed by atoms with E-state index in [1.165, 1.54) is 64.2 Å². The third-order valence-corrected chi connectivity index (χ3v) is 15.7. The lowest BCUT2D eigenvalue weighted by atomic mass is 9.28. The molecule has 6 aliphatic rings. The van der Waals surface area contributed by atoms with Crippen LogP contribution >= 0.6 is 0 Å². The fourth-order valence-corrected chi connectivity index (χ4v) is 12.4. The van der Waals surface area contributed by atoms with Crippen LogP contribution in [-0.4, -0.2) is 11.2 Å². The first-order chi connectivity index (χ1) is 14.7. The molecule has 1 spiro atoms. The molecule has 6 unspecified atom stereocenters. The lowest BCUT2D eigenvalue weighted by Crippen LogP contribution is -2.69. The Kier molecular flexibility index (Phi) is 3.98. The monoisotopic (exact) mass is 438 g/mol. The highest BCUT2D eigenvalue weighted by atomic mass is 16.3. The molecule has 0 radical (unpaired) electrons. The number of fused-ring (bicyclic) bond motifs is 6. The van der Waals surface area contributed by atoms with Gasteiger partial charge in [0.25, 0.3) is 0 Å². The maximum absolute atomic E-state index is 11.0. The van der Waals surface area contributed by atoms with E-state index in [0.29, 0.717) is 37.9 Å². The van der Waals surface area contributed by atoms with Crippen LogP contribution in [0.25, 0.3) is 0 Å². The van der Waals surface area contributed by atoms with E-state index in [4.69, 9.17) is 0 Å². The molecule has 1 N–H and O–H groups in total. The topological polar surface area (TPSA) is 20.2 Å². The minimum absolute atomic E-state index is 0.0776. The molecule has 1 nitrogen and oxygen atoms in total. The van der Waals surface area contributed by atoms with Gasteiger partial charge in [0.05, 0.1) is 6.10 Å². The van der Waals surface area contributed by atoms with Gasteiger partial charge in [-0.1, -0.05) is 73.5 Å². The molecule has 5 saturated carbocycles. The maximum Gasteiger partial charge on any atom is 0.0599 e. The van der Waals surface area contributed by atoms with Crippen molar-refractivity contribution in [1.82, 2.24) is 0 Å². The molecule has 0 heterocycles. The minimum atomic E-state index is -0.0776. The summed E-state index contributed by atoms with van der Waals surface area (Å²) in [5.74, 6) is 0.794. The summed E-state index contributed by atoms with van der Waals surface area (Å²) < 4.78 is 0. The number of rotatable bonds is 0. The zero-order valence-electron chi connectivity index (χ0n) is 22.5. The highest BCUT2D eigenvalue weighted by Crippen LogP contribution is 2.90. The summed E-state index contributed by atoms with van der Waals surface area (Å²) in [7, 11) is 0. The molecule has 32 heavy (non-hydrogen) atoms. The van der Waals surface area contributed by atoms with E-state index < -0.39 is 0 Å². The van der Waals surface area contributed by atoms with Gasteiger partial charge >= 0.3 is 0 Å². The normalized spacial score (nSPS) is 65.5. The maximum atomic E-state index is 11.0. The number of hydrogen-bond acceptors (Lipinski definition) is 1. The quantitative estimate of drug-likeness (QED) is 0.377. The summed E-state index contributed by atoms with van der Waals surface area (Å²) in [5, 5.41) is 11.0. The van der Waals surface area contributed by atoms with Gasteiger partial charge in [0, 0.05) is 5.41 Å². The molecule has 180 valence electrons. The van der Waals surface area contributed by atoms with Gasteiger partial charge in [0.15, 0.2) is 0 Å². The molecule has 6 rings (SSSR count). The molecule has 0 aromatic heterocycles. The highest BCUT2D eigenvalue weighted by molar-refractivity contribution is 5.41. The van der Waals surface area contributed by atoms with Crippen molar-refractivity contribution in [2.24, 2.45) is 49.2 Å². The van der Waals surface area contributed by atoms with E-state index in [1.54, 1.807) is 0 Å². The minimum Gasteiger partial charge on any atom is -0.393 e. The van der Waals surface area contributed by atoms with Gasteiger partial charge in [0.2, 0.25) is 0 Å². The average molecular weight is 439 g/mol. The Hall–Kier alpha value is -0.300. The van der Waals surface area contributed by atoms with E-state index in [-0.39, 0.29) is 11.5 Å². The van der Waals surface area contributed by atoms with Crippen LogP contribution in [0.4, 0.5) is 0 Å². The van der Waals surface area contributed by atoms with Crippen molar-refractivity contribution in [1.29, 1.82) is 0 Å². The van der Waals surface area contributed by atoms with Gasteiger partial charge < -0.3 is 5.11 Å². The van der Waals surface area contributed by atoms with Crippen LogP contribution in [0.3, 0.4) is 0 Å². The second kappa shape index (κ2) is 5.74. The Balaban J connectivity index is 1.53. The van der Waals surface area contributed by atoms with Crippen LogP contribution in [0, 0.1) is 49.2 Å². The molecule has 0 aromatic rings. The molecular weight excluding hydrogens is 388 g/mol. The molecule has 10 atom stereocenters. The van der Waals surface area contributed by atoms with Crippen LogP contribution in [0.2, 0.25) is 0 Å². The van der Waals surface area contributed by atoms with Gasteiger partial charge in [-0.05, 0) is 108 Å². The van der Waals surface area contributed by atoms with Crippen molar-refractivity contribution in [3.63, 3.8) is 0 Å². The number of allylic oxidation sites excluding steroid dienone is 2. The molecule has 1 heteroatoms. The third-order valence-electron chi connectivity index (χ3n) is 15.7. The molecule has 5 fully saturated rings. The fourth-order valence-electron chi connectivity index (χ4n) is 12.4. The van der Waals surface area contributed by atoms with Gasteiger partial charge in [-0.3, -0.25) is 0 Å². The summed E-state index contributed by atoms with van der Waals surface area (Å²) in [6, 6.07) is 0. The van der Waals surface area contributed by atoms with Crippen LogP contribution in [0.1, 0.15) is 126 Å². The van der Waals surface area contributed by atoms with Gasteiger partial charge in [-0.2, -0.15) is 0 Å². The number of aliphatic hydroxyl groups is 1. The third kappa shape index (κ3) is 1.86. The first-order valence-electron chi connectivity index (χ1n) is 14.1. The molecular formula is C31H50O. The largest absolute Gasteiger partial charge is 0.393 e. The predicted octanol–water partition coefficient (Wildman–Crippen LogP) is 8.31. The van der Waals surface area contributed by atoms with Crippen molar-refractivity contribution in [2.45, 2.75) is 132 Å². The van der Waals surface area contributed by atoms with Gasteiger partial charge in [0.1, 0.15) is 0 Å². The fraction of sp³-hybridized carbons (Fsp3) is 0.935. The Morgan fingerprint density at radius 2 is 1.50 bits per heavy atom. The van der Waals surface area contributed by atoms with Crippen molar-refractivity contribution in [2.75, 3.05) is 0 Å². The molecule has 0 aliphatic heterocycles. The van der Waals surface area contributed by atoms with Crippen molar-refractivity contribution >= 4 is 0 Å². The summed E-state index contributed by atoms with van der Waals surface area (Å²) in [5.41, 5.74) is 4.56. The van der Waals surface area contributed by atoms with Crippen LogP contribution in [0.5, 0.6) is 0 Å². The lowest BCUT2D eigenvalue weighted by molar-refractivity contribution is -0.241. The van der Waals surface area contributed by atoms with Crippen molar-refractivity contribution in [3.8, 4) is 0 Å². The standard InChI is InChI=1S/C31H50O/c1-21-10-9-13-24(2)16-17-25(3)22(30(21,24)8)11-14-28(6)27(25,5)18-19-31-20-26(31,4)23(32)12-15-29(28,31)7/h11,21,23,32H,9-10,12-20H2,1-8H3/t21?,23?,24?,25-,26-,27?,28+,29?,30?,31-/m1/s1. The summed E-state index contributed by atoms with van der Waals surface area (Å²) in [6.07, 6.45) is 17.3. The zero-order valence-corrected chi connectivity index (χ0v) is 22.5. The van der Waals surface area contributed by atoms with Gasteiger partial charge in [-0.15, -0.1) is 0 Å². The summed E-state index contributed by atoms with van der Waals surface area (Å²) in [4.78, 5) is 0. The van der Waals surface area contributed by atoms with E-state index in [9.17, 15) is 5.11 Å². The van der Waals surface area contributed by atoms with Crippen LogP contribution < -0.4 is 0 Å². The Morgan fingerprint density at radius 3 is 2.22 bits per heavy atom. The van der Waals surface area contributed by atoms with Crippen LogP contribution in [-0.2, 0) is 0 Å². The van der Waals surface area contributed by atoms with E-state index in [1.807, 2.05) is 5.57 Å². The Bertz CT molecular complexity index is 904. The first-order valence-corrected chi connectivity index (χ1v) is 14.1. The summed E-state index contributed by atoms with van der Waals surface area (Å²) in [6.45, 7) is 21.2. The molecule has 6 aliphatic carbocycles. The second-order valence-electron chi connectivity index (χ2n) is 15.4. The van der Waals surface area contributed by atoms with Crippen molar-refractivity contribution in [3.05, 3.63) is 11.6 Å². The Morgan fingerprint density at radius 1 is 0.781 bits per heavy atom. The lowest BCUT2D eigenvalue weighted by Gasteiger charge is -2.76. The Labute approximate surface area is 198 Å². The zero-order chi connectivity index (χ0) is 23.2. The summed E-state index contributed by atoms with van der Waals surface area (Å²) >= 11 is 0. The van der Waals surface area contributed by atoms with E-state index in [0.717, 1.165) is 12.3 Å². The molecule has 0 aromatic carbocycles. The van der Waals surface area contributed by atoms with Crippen molar-refractivity contribution < 1.29 is 5.11 Å². The first kappa shape index (κ1) is 22.2. The second-order valence-corrected chi connectivity index (χ2v) is 15.4. The van der Waals surface area contributed by atoms with Gasteiger partial charge in [-0.25, -0.2) is 0 Å². The number of aliphatic hydroxyl groups excluding tert-OH is 1. The predicted molar refractivity (Wildman–Crippen MR) is 133 cm³/mol. The smallest absolute Gasteiger partial charge is 0.0599 e. The molecule has 0 amide bonds. The van der Waals surface area contributed by atoms with E-state index >= 15 is 0 Å². The average Bonchev–Trinajstić information content (AvgIpc) is 3.38. The SMILES string of the molecule is CC1CCCC2(C)CC[C@]3(C)C(=CC[C@]4(C)C5(C)CCC(O)[C@@]6(C)C[C@@]56CCC43C)C12C. The highest BCUT2D eigenvalue weighted by Gasteiger charge is 2.84. The molecule has 0 bridgehead atoms. The molecule has 0 saturated heterocycles. The number of hydrogen-bond donors (Lipinski definition) is 1.